The minimum atomic E-state index is -5.14. The number of rotatable bonds is 2. The largest absolute Gasteiger partial charge is 1.00 e. The molecule has 1 aromatic rings. The Labute approximate surface area is 138 Å². The van der Waals surface area contributed by atoms with Gasteiger partial charge in [0.05, 0.1) is 12.1 Å². The molecule has 0 radical (unpaired) electrons. The first-order chi connectivity index (χ1) is 6.36. The minimum Gasteiger partial charge on any atom is -0.495 e. The summed E-state index contributed by atoms with van der Waals surface area (Å²) in [6, 6.07) is 1.82. The second-order valence-electron chi connectivity index (χ2n) is 2.58. The van der Waals surface area contributed by atoms with Crippen molar-refractivity contribution >= 4 is 35.6 Å². The topological polar surface area (TPSA) is 9.23 Å². The molecule has 15 heavy (non-hydrogen) atoms. The van der Waals surface area contributed by atoms with Crippen molar-refractivity contribution in [2.24, 2.45) is 0 Å². The van der Waals surface area contributed by atoms with Crippen LogP contribution in [0.15, 0.2) is 12.1 Å². The third-order valence-corrected chi connectivity index (χ3v) is 2.25. The second-order valence-corrected chi connectivity index (χ2v) is 3.40. The van der Waals surface area contributed by atoms with Gasteiger partial charge in [0.2, 0.25) is 0 Å². The monoisotopic (exact) mass is 282 g/mol. The van der Waals surface area contributed by atoms with Gasteiger partial charge in [0.15, 0.2) is 0 Å². The van der Waals surface area contributed by atoms with Gasteiger partial charge in [-0.15, -0.1) is 0 Å². The Morgan fingerprint density at radius 1 is 1.13 bits per heavy atom. The zero-order chi connectivity index (χ0) is 10.9. The smallest absolute Gasteiger partial charge is 0.495 e. The maximum absolute atomic E-state index is 12.4. The number of hydrogen-bond donors (Lipinski definition) is 0. The molecule has 0 aliphatic carbocycles. The Morgan fingerprint density at radius 2 is 1.67 bits per heavy atom. The standard InChI is InChI=1S/C7H5BCl2F3O.K/c1-14-7-2-4(8(11,12)13)5(9)3-6(7)10;/h2-3H,1H3;/q-1;+1. The fourth-order valence-corrected chi connectivity index (χ4v) is 1.54. The Morgan fingerprint density at radius 3 is 2.07 bits per heavy atom. The molecule has 0 amide bonds. The van der Waals surface area contributed by atoms with E-state index >= 15 is 0 Å². The summed E-state index contributed by atoms with van der Waals surface area (Å²) >= 11 is 11.0. The molecule has 1 aromatic carbocycles. The van der Waals surface area contributed by atoms with Crippen molar-refractivity contribution in [2.75, 3.05) is 7.11 Å². The van der Waals surface area contributed by atoms with E-state index in [1.165, 1.54) is 7.11 Å². The van der Waals surface area contributed by atoms with E-state index < -0.39 is 17.5 Å². The average molecular weight is 283 g/mol. The molecule has 0 aliphatic rings. The Bertz CT molecular complexity index is 359. The zero-order valence-electron chi connectivity index (χ0n) is 8.03. The van der Waals surface area contributed by atoms with Crippen LogP contribution in [0, 0.1) is 0 Å². The number of hydrogen-bond acceptors (Lipinski definition) is 1. The van der Waals surface area contributed by atoms with Crippen LogP contribution in [-0.4, -0.2) is 14.1 Å². The number of methoxy groups -OCH3 is 1. The molecule has 1 rings (SSSR count). The summed E-state index contributed by atoms with van der Waals surface area (Å²) in [6.45, 7) is -5.14. The van der Waals surface area contributed by atoms with Crippen molar-refractivity contribution < 1.29 is 69.1 Å². The number of benzene rings is 1. The molecule has 0 bridgehead atoms. The average Bonchev–Trinajstić information content (AvgIpc) is 2.02. The van der Waals surface area contributed by atoms with Crippen LogP contribution in [0.4, 0.5) is 12.9 Å². The van der Waals surface area contributed by atoms with Gasteiger partial charge in [0, 0.05) is 5.02 Å². The van der Waals surface area contributed by atoms with E-state index in [0.717, 1.165) is 12.1 Å². The van der Waals surface area contributed by atoms with E-state index in [9.17, 15) is 12.9 Å². The van der Waals surface area contributed by atoms with E-state index in [2.05, 4.69) is 4.74 Å². The molecule has 0 fully saturated rings. The van der Waals surface area contributed by atoms with Crippen LogP contribution in [0.1, 0.15) is 0 Å². The fourth-order valence-electron chi connectivity index (χ4n) is 0.952. The van der Waals surface area contributed by atoms with Crippen LogP contribution in [-0.2, 0) is 0 Å². The fraction of sp³-hybridized carbons (Fsp3) is 0.143. The molecule has 0 spiro atoms. The quantitative estimate of drug-likeness (QED) is 0.697. The second kappa shape index (κ2) is 6.14. The molecule has 78 valence electrons. The van der Waals surface area contributed by atoms with E-state index in [-0.39, 0.29) is 62.2 Å². The molecule has 0 aliphatic heterocycles. The predicted molar refractivity (Wildman–Crippen MR) is 51.7 cm³/mol. The number of halogens is 5. The van der Waals surface area contributed by atoms with Crippen LogP contribution >= 0.6 is 23.2 Å². The van der Waals surface area contributed by atoms with Gasteiger partial charge in [-0.05, 0) is 12.1 Å². The Hall–Kier alpha value is 1.09. The van der Waals surface area contributed by atoms with Gasteiger partial charge in [-0.1, -0.05) is 28.7 Å². The molecular formula is C7H5BCl2F3KO. The first-order valence-corrected chi connectivity index (χ1v) is 4.34. The summed E-state index contributed by atoms with van der Waals surface area (Å²) in [5.41, 5.74) is -0.895. The summed E-state index contributed by atoms with van der Waals surface area (Å²) in [6.07, 6.45) is 0. The van der Waals surface area contributed by atoms with Crippen molar-refractivity contribution in [1.82, 2.24) is 0 Å². The van der Waals surface area contributed by atoms with Crippen molar-refractivity contribution in [3.05, 3.63) is 22.2 Å². The maximum Gasteiger partial charge on any atom is 1.00 e. The molecular weight excluding hydrogens is 278 g/mol. The molecule has 0 atom stereocenters. The van der Waals surface area contributed by atoms with Crippen LogP contribution in [0.25, 0.3) is 0 Å². The van der Waals surface area contributed by atoms with Gasteiger partial charge >= 0.3 is 58.4 Å². The van der Waals surface area contributed by atoms with Gasteiger partial charge < -0.3 is 17.7 Å². The third-order valence-electron chi connectivity index (χ3n) is 1.62. The number of ether oxygens (including phenoxy) is 1. The van der Waals surface area contributed by atoms with E-state index in [4.69, 9.17) is 23.2 Å². The van der Waals surface area contributed by atoms with Gasteiger partial charge in [-0.25, -0.2) is 0 Å². The van der Waals surface area contributed by atoms with Crippen LogP contribution in [0.3, 0.4) is 0 Å². The molecule has 0 heterocycles. The summed E-state index contributed by atoms with van der Waals surface area (Å²) < 4.78 is 41.8. The molecule has 0 unspecified atom stereocenters. The molecule has 8 heteroatoms. The molecule has 0 saturated heterocycles. The van der Waals surface area contributed by atoms with Crippen LogP contribution in [0.2, 0.25) is 10.0 Å². The third kappa shape index (κ3) is 4.11. The van der Waals surface area contributed by atoms with Crippen molar-refractivity contribution in [3.63, 3.8) is 0 Å². The van der Waals surface area contributed by atoms with E-state index in [1.807, 2.05) is 0 Å². The molecule has 0 N–H and O–H groups in total. The predicted octanol–water partition coefficient (Wildman–Crippen LogP) is 0.0604. The summed E-state index contributed by atoms with van der Waals surface area (Å²) in [4.78, 5) is 0. The maximum atomic E-state index is 12.4. The molecule has 1 nitrogen and oxygen atoms in total. The van der Waals surface area contributed by atoms with Gasteiger partial charge in [0.1, 0.15) is 5.75 Å². The van der Waals surface area contributed by atoms with Crippen molar-refractivity contribution in [1.29, 1.82) is 0 Å². The normalized spacial score (nSPS) is 10.8. The Kier molecular flexibility index (Phi) is 6.59. The van der Waals surface area contributed by atoms with Crippen molar-refractivity contribution in [3.8, 4) is 5.75 Å². The van der Waals surface area contributed by atoms with Gasteiger partial charge in [-0.3, -0.25) is 0 Å². The zero-order valence-corrected chi connectivity index (χ0v) is 12.7. The molecule has 0 aromatic heterocycles. The summed E-state index contributed by atoms with van der Waals surface area (Å²) in [5.74, 6) is -0.0368. The van der Waals surface area contributed by atoms with Crippen LogP contribution in [0.5, 0.6) is 5.75 Å². The van der Waals surface area contributed by atoms with Crippen molar-refractivity contribution in [2.45, 2.75) is 0 Å². The van der Waals surface area contributed by atoms with Gasteiger partial charge in [0.25, 0.3) is 0 Å². The first kappa shape index (κ1) is 16.1. The molecule has 0 saturated carbocycles. The van der Waals surface area contributed by atoms with Gasteiger partial charge in [-0.2, -0.15) is 0 Å². The Balaban J connectivity index is 0.00000196. The minimum absolute atomic E-state index is 0. The van der Waals surface area contributed by atoms with E-state index in [1.54, 1.807) is 0 Å². The van der Waals surface area contributed by atoms with E-state index in [0.29, 0.717) is 0 Å². The summed E-state index contributed by atoms with van der Waals surface area (Å²) in [7, 11) is 1.24. The summed E-state index contributed by atoms with van der Waals surface area (Å²) in [5, 5.41) is -0.357. The van der Waals surface area contributed by atoms with Crippen LogP contribution < -0.4 is 61.6 Å². The first-order valence-electron chi connectivity index (χ1n) is 3.59. The SMILES string of the molecule is COc1cc([B-](F)(F)F)c(Cl)cc1Cl.[K+].